The van der Waals surface area contributed by atoms with Crippen molar-refractivity contribution in [2.45, 2.75) is 85.2 Å². The van der Waals surface area contributed by atoms with Gasteiger partial charge in [0.1, 0.15) is 0 Å². The highest BCUT2D eigenvalue weighted by molar-refractivity contribution is 9.09. The van der Waals surface area contributed by atoms with Gasteiger partial charge in [0.15, 0.2) is 0 Å². The lowest BCUT2D eigenvalue weighted by Crippen LogP contribution is -2.62. The third-order valence-corrected chi connectivity index (χ3v) is 8.84. The van der Waals surface area contributed by atoms with Gasteiger partial charge in [-0.3, -0.25) is 0 Å². The summed E-state index contributed by atoms with van der Waals surface area (Å²) in [4.78, 5) is 0.243. The lowest BCUT2D eigenvalue weighted by Gasteiger charge is -2.54. The summed E-state index contributed by atoms with van der Waals surface area (Å²) >= 11 is 13.9. The van der Waals surface area contributed by atoms with Crippen molar-refractivity contribution < 1.29 is 9.84 Å². The maximum Gasteiger partial charge on any atom is 0.0948 e. The molecular weight excluding hydrogens is 407 g/mol. The van der Waals surface area contributed by atoms with Gasteiger partial charge in [0, 0.05) is 9.65 Å². The van der Waals surface area contributed by atoms with Crippen molar-refractivity contribution in [3.05, 3.63) is 0 Å². The zero-order chi connectivity index (χ0) is 15.3. The van der Waals surface area contributed by atoms with Gasteiger partial charge in [0.2, 0.25) is 0 Å². The van der Waals surface area contributed by atoms with Crippen LogP contribution in [0.15, 0.2) is 0 Å². The molecule has 1 N–H and O–H groups in total. The van der Waals surface area contributed by atoms with E-state index in [0.717, 1.165) is 25.7 Å². The topological polar surface area (TPSA) is 29.5 Å². The van der Waals surface area contributed by atoms with Crippen LogP contribution in [0.1, 0.15) is 53.4 Å². The maximum absolute atomic E-state index is 10.6. The Hall–Kier alpha value is 1.17. The molecule has 1 saturated heterocycles. The number of halogens is 3. The van der Waals surface area contributed by atoms with Crippen molar-refractivity contribution in [1.82, 2.24) is 0 Å². The van der Waals surface area contributed by atoms with E-state index in [2.05, 4.69) is 59.6 Å². The lowest BCUT2D eigenvalue weighted by molar-refractivity contribution is -0.238. The van der Waals surface area contributed by atoms with Crippen molar-refractivity contribution in [2.75, 3.05) is 0 Å². The SMILES string of the molecule is CC1(Cl)CCC(C2(C)OC(C)(C)C(Br)CC2O)CC1Br. The van der Waals surface area contributed by atoms with Gasteiger partial charge in [-0.1, -0.05) is 31.9 Å². The Labute approximate surface area is 144 Å². The summed E-state index contributed by atoms with van der Waals surface area (Å²) in [5, 5.41) is 10.6. The summed E-state index contributed by atoms with van der Waals surface area (Å²) in [5.74, 6) is 0.327. The molecule has 0 amide bonds. The van der Waals surface area contributed by atoms with E-state index in [1.807, 2.05) is 0 Å². The maximum atomic E-state index is 10.6. The molecule has 0 aromatic rings. The summed E-state index contributed by atoms with van der Waals surface area (Å²) in [5.41, 5.74) is -0.759. The van der Waals surface area contributed by atoms with Gasteiger partial charge in [-0.2, -0.15) is 0 Å². The second-order valence-corrected chi connectivity index (χ2v) is 10.4. The van der Waals surface area contributed by atoms with Crippen LogP contribution >= 0.6 is 43.5 Å². The first-order valence-electron chi connectivity index (χ1n) is 7.34. The minimum absolute atomic E-state index is 0.180. The second-order valence-electron chi connectivity index (χ2n) is 7.33. The number of aliphatic hydroxyl groups is 1. The number of hydrogen-bond donors (Lipinski definition) is 1. The zero-order valence-electron chi connectivity index (χ0n) is 12.6. The van der Waals surface area contributed by atoms with E-state index in [9.17, 15) is 5.11 Å². The molecule has 118 valence electrons. The molecule has 2 aliphatic rings. The Kier molecular flexibility index (Phi) is 4.96. The Morgan fingerprint density at radius 1 is 1.10 bits per heavy atom. The third-order valence-electron chi connectivity index (χ3n) is 5.27. The van der Waals surface area contributed by atoms with E-state index in [4.69, 9.17) is 16.3 Å². The molecule has 2 rings (SSSR count). The first kappa shape index (κ1) is 17.5. The average Bonchev–Trinajstić information content (AvgIpc) is 2.30. The van der Waals surface area contributed by atoms with Crippen LogP contribution in [0.2, 0.25) is 0 Å². The van der Waals surface area contributed by atoms with Crippen LogP contribution < -0.4 is 0 Å². The van der Waals surface area contributed by atoms with Crippen molar-refractivity contribution in [3.63, 3.8) is 0 Å². The number of alkyl halides is 3. The van der Waals surface area contributed by atoms with Gasteiger partial charge in [-0.25, -0.2) is 0 Å². The second kappa shape index (κ2) is 5.67. The monoisotopic (exact) mass is 430 g/mol. The van der Waals surface area contributed by atoms with E-state index < -0.39 is 11.7 Å². The van der Waals surface area contributed by atoms with Crippen LogP contribution in [-0.2, 0) is 4.74 Å². The fraction of sp³-hybridized carbons (Fsp3) is 1.00. The summed E-state index contributed by atoms with van der Waals surface area (Å²) in [6.45, 7) is 8.34. The summed E-state index contributed by atoms with van der Waals surface area (Å²) < 4.78 is 6.38. The van der Waals surface area contributed by atoms with Crippen LogP contribution in [-0.4, -0.2) is 36.9 Å². The van der Waals surface area contributed by atoms with Crippen molar-refractivity contribution >= 4 is 43.5 Å². The van der Waals surface area contributed by atoms with Crippen molar-refractivity contribution in [3.8, 4) is 0 Å². The van der Waals surface area contributed by atoms with Crippen molar-refractivity contribution in [1.29, 1.82) is 0 Å². The number of aliphatic hydroxyl groups excluding tert-OH is 1. The molecule has 6 atom stereocenters. The molecule has 1 aliphatic carbocycles. The standard InChI is InChI=1S/C15H25Br2ClO2/c1-13(2)10(16)8-12(19)15(4,20-13)9-5-6-14(3,18)11(17)7-9/h9-12,19H,5-8H2,1-4H3. The summed E-state index contributed by atoms with van der Waals surface area (Å²) in [6.07, 6.45) is 3.17. The predicted octanol–water partition coefficient (Wildman–Crippen LogP) is 4.63. The fourth-order valence-electron chi connectivity index (χ4n) is 3.52. The van der Waals surface area contributed by atoms with Gasteiger partial charge < -0.3 is 9.84 Å². The van der Waals surface area contributed by atoms with Gasteiger partial charge >= 0.3 is 0 Å². The molecular formula is C15H25Br2ClO2. The van der Waals surface area contributed by atoms with E-state index in [0.29, 0.717) is 5.92 Å². The lowest BCUT2D eigenvalue weighted by atomic mass is 9.69. The summed E-state index contributed by atoms with van der Waals surface area (Å²) in [6, 6.07) is 0. The number of hydrogen-bond acceptors (Lipinski definition) is 2. The first-order chi connectivity index (χ1) is 8.99. The van der Waals surface area contributed by atoms with Crippen LogP contribution in [0.4, 0.5) is 0 Å². The molecule has 6 unspecified atom stereocenters. The average molecular weight is 433 g/mol. The van der Waals surface area contributed by atoms with Crippen LogP contribution in [0, 0.1) is 5.92 Å². The molecule has 0 aromatic carbocycles. The van der Waals surface area contributed by atoms with Gasteiger partial charge in [-0.05, 0) is 59.3 Å². The first-order valence-corrected chi connectivity index (χ1v) is 9.55. The number of rotatable bonds is 1. The molecule has 2 fully saturated rings. The summed E-state index contributed by atoms with van der Waals surface area (Å²) in [7, 11) is 0. The van der Waals surface area contributed by atoms with E-state index in [1.165, 1.54) is 0 Å². The molecule has 0 aromatic heterocycles. The molecule has 0 spiro atoms. The molecule has 2 nitrogen and oxygen atoms in total. The smallest absolute Gasteiger partial charge is 0.0948 e. The molecule has 0 radical (unpaired) electrons. The van der Waals surface area contributed by atoms with E-state index >= 15 is 0 Å². The van der Waals surface area contributed by atoms with E-state index in [-0.39, 0.29) is 20.1 Å². The third kappa shape index (κ3) is 3.10. The molecule has 5 heteroatoms. The van der Waals surface area contributed by atoms with Crippen molar-refractivity contribution in [2.24, 2.45) is 5.92 Å². The largest absolute Gasteiger partial charge is 0.390 e. The highest BCUT2D eigenvalue weighted by Crippen LogP contribution is 2.50. The van der Waals surface area contributed by atoms with Gasteiger partial charge in [0.25, 0.3) is 0 Å². The number of ether oxygens (including phenoxy) is 1. The van der Waals surface area contributed by atoms with Crippen LogP contribution in [0.3, 0.4) is 0 Å². The normalized spacial score (nSPS) is 52.8. The van der Waals surface area contributed by atoms with E-state index in [1.54, 1.807) is 0 Å². The Morgan fingerprint density at radius 2 is 1.70 bits per heavy atom. The Morgan fingerprint density at radius 3 is 2.25 bits per heavy atom. The molecule has 1 aliphatic heterocycles. The highest BCUT2D eigenvalue weighted by atomic mass is 79.9. The molecule has 1 heterocycles. The predicted molar refractivity (Wildman–Crippen MR) is 91.2 cm³/mol. The molecule has 1 saturated carbocycles. The van der Waals surface area contributed by atoms with Gasteiger partial charge in [0.05, 0.1) is 22.2 Å². The Balaban J connectivity index is 2.18. The highest BCUT2D eigenvalue weighted by Gasteiger charge is 2.54. The van der Waals surface area contributed by atoms with Crippen LogP contribution in [0.25, 0.3) is 0 Å². The zero-order valence-corrected chi connectivity index (χ0v) is 16.6. The Bertz CT molecular complexity index is 375. The molecule has 0 bridgehead atoms. The molecule has 20 heavy (non-hydrogen) atoms. The van der Waals surface area contributed by atoms with Crippen LogP contribution in [0.5, 0.6) is 0 Å². The fourth-order valence-corrected chi connectivity index (χ4v) is 4.84. The minimum Gasteiger partial charge on any atom is -0.390 e. The minimum atomic E-state index is -0.493. The van der Waals surface area contributed by atoms with Gasteiger partial charge in [-0.15, -0.1) is 11.6 Å². The quantitative estimate of drug-likeness (QED) is 0.612.